The predicted molar refractivity (Wildman–Crippen MR) is 120 cm³/mol. The van der Waals surface area contributed by atoms with E-state index in [0.29, 0.717) is 35.8 Å². The molecule has 1 heterocycles. The molecule has 0 saturated heterocycles. The van der Waals surface area contributed by atoms with Gasteiger partial charge in [-0.2, -0.15) is 0 Å². The van der Waals surface area contributed by atoms with E-state index in [9.17, 15) is 9.18 Å². The molecule has 0 amide bonds. The van der Waals surface area contributed by atoms with Crippen molar-refractivity contribution < 1.29 is 23.4 Å². The number of aryl methyl sites for hydroxylation is 1. The molecular formula is C26H22FNO4. The zero-order chi connectivity index (χ0) is 22.5. The third-order valence-corrected chi connectivity index (χ3v) is 4.78. The van der Waals surface area contributed by atoms with Crippen molar-refractivity contribution in [3.63, 3.8) is 0 Å². The summed E-state index contributed by atoms with van der Waals surface area (Å²) in [5.41, 5.74) is 3.47. The van der Waals surface area contributed by atoms with Gasteiger partial charge in [-0.1, -0.05) is 42.0 Å². The highest BCUT2D eigenvalue weighted by atomic mass is 19.1. The first-order chi connectivity index (χ1) is 15.5. The second-order valence-electron chi connectivity index (χ2n) is 7.26. The molecule has 3 aromatic carbocycles. The van der Waals surface area contributed by atoms with Crippen LogP contribution in [0.2, 0.25) is 0 Å². The Labute approximate surface area is 185 Å². The van der Waals surface area contributed by atoms with Gasteiger partial charge in [0.15, 0.2) is 17.2 Å². The van der Waals surface area contributed by atoms with Gasteiger partial charge in [-0.25, -0.2) is 14.2 Å². The zero-order valence-corrected chi connectivity index (χ0v) is 17.8. The van der Waals surface area contributed by atoms with E-state index < -0.39 is 11.8 Å². The Morgan fingerprint density at radius 3 is 2.56 bits per heavy atom. The van der Waals surface area contributed by atoms with Crippen molar-refractivity contribution in [3.8, 4) is 11.5 Å². The maximum atomic E-state index is 13.5. The number of aliphatic imine (C=N–C) groups is 1. The fraction of sp³-hybridized carbons (Fsp3) is 0.154. The van der Waals surface area contributed by atoms with Gasteiger partial charge in [-0.3, -0.25) is 0 Å². The Balaban J connectivity index is 1.55. The summed E-state index contributed by atoms with van der Waals surface area (Å²) in [6.07, 6.45) is 1.60. The van der Waals surface area contributed by atoms with Gasteiger partial charge in [0.1, 0.15) is 12.4 Å². The van der Waals surface area contributed by atoms with Crippen molar-refractivity contribution in [3.05, 3.63) is 100 Å². The van der Waals surface area contributed by atoms with Crippen molar-refractivity contribution in [2.24, 2.45) is 4.99 Å². The summed E-state index contributed by atoms with van der Waals surface area (Å²) in [6.45, 7) is 4.80. The van der Waals surface area contributed by atoms with E-state index in [4.69, 9.17) is 14.2 Å². The summed E-state index contributed by atoms with van der Waals surface area (Å²) in [6, 6.07) is 19.3. The molecule has 5 nitrogen and oxygen atoms in total. The number of carbonyl (C=O) groups excluding carboxylic acids is 1. The molecule has 0 radical (unpaired) electrons. The van der Waals surface area contributed by atoms with Gasteiger partial charge in [0.2, 0.25) is 5.90 Å². The summed E-state index contributed by atoms with van der Waals surface area (Å²) in [5, 5.41) is 0. The summed E-state index contributed by atoms with van der Waals surface area (Å²) in [7, 11) is 0. The molecule has 0 saturated carbocycles. The molecule has 0 atom stereocenters. The molecule has 0 N–H and O–H groups in total. The standard InChI is InChI=1S/C26H22FNO4/c1-3-30-24-14-19(11-12-23(24)31-16-18-9-7-17(2)8-10-18)13-22-26(29)32-25(28-22)20-5-4-6-21(27)15-20/h4-15H,3,16H2,1-2H3/b22-13+. The molecule has 1 aliphatic rings. The summed E-state index contributed by atoms with van der Waals surface area (Å²) < 4.78 is 30.4. The van der Waals surface area contributed by atoms with E-state index in [2.05, 4.69) is 4.99 Å². The molecule has 0 aromatic heterocycles. The number of nitrogens with zero attached hydrogens (tertiary/aromatic N) is 1. The molecule has 162 valence electrons. The van der Waals surface area contributed by atoms with Crippen molar-refractivity contribution >= 4 is 17.9 Å². The van der Waals surface area contributed by atoms with Crippen LogP contribution in [0, 0.1) is 12.7 Å². The first-order valence-corrected chi connectivity index (χ1v) is 10.3. The Kier molecular flexibility index (Phi) is 6.31. The van der Waals surface area contributed by atoms with E-state index >= 15 is 0 Å². The quantitative estimate of drug-likeness (QED) is 0.368. The highest BCUT2D eigenvalue weighted by Gasteiger charge is 2.24. The third-order valence-electron chi connectivity index (χ3n) is 4.78. The van der Waals surface area contributed by atoms with Crippen LogP contribution in [0.1, 0.15) is 29.2 Å². The minimum Gasteiger partial charge on any atom is -0.490 e. The highest BCUT2D eigenvalue weighted by Crippen LogP contribution is 2.31. The van der Waals surface area contributed by atoms with E-state index in [1.165, 1.54) is 23.8 Å². The minimum absolute atomic E-state index is 0.0730. The van der Waals surface area contributed by atoms with Crippen molar-refractivity contribution in [1.82, 2.24) is 0 Å². The number of halogens is 1. The van der Waals surface area contributed by atoms with Gasteiger partial charge in [0.25, 0.3) is 0 Å². The smallest absolute Gasteiger partial charge is 0.363 e. The Morgan fingerprint density at radius 1 is 1.00 bits per heavy atom. The van der Waals surface area contributed by atoms with Crippen LogP contribution in [-0.4, -0.2) is 18.5 Å². The zero-order valence-electron chi connectivity index (χ0n) is 17.8. The van der Waals surface area contributed by atoms with Crippen molar-refractivity contribution in [2.45, 2.75) is 20.5 Å². The number of benzene rings is 3. The molecule has 0 spiro atoms. The average molecular weight is 431 g/mol. The van der Waals surface area contributed by atoms with Gasteiger partial charge in [0, 0.05) is 5.56 Å². The first-order valence-electron chi connectivity index (χ1n) is 10.3. The van der Waals surface area contributed by atoms with E-state index in [-0.39, 0.29) is 11.6 Å². The van der Waals surface area contributed by atoms with Crippen LogP contribution in [0.4, 0.5) is 4.39 Å². The van der Waals surface area contributed by atoms with Crippen LogP contribution in [0.5, 0.6) is 11.5 Å². The molecule has 3 aromatic rings. The maximum absolute atomic E-state index is 13.5. The van der Waals surface area contributed by atoms with Crippen molar-refractivity contribution in [1.29, 1.82) is 0 Å². The molecule has 1 aliphatic heterocycles. The number of hydrogen-bond donors (Lipinski definition) is 0. The number of carbonyl (C=O) groups is 1. The van der Waals surface area contributed by atoms with Gasteiger partial charge >= 0.3 is 5.97 Å². The lowest BCUT2D eigenvalue weighted by atomic mass is 10.1. The van der Waals surface area contributed by atoms with E-state index in [1.54, 1.807) is 24.3 Å². The van der Waals surface area contributed by atoms with E-state index in [1.807, 2.05) is 44.2 Å². The Bertz CT molecular complexity index is 1200. The number of esters is 1. The lowest BCUT2D eigenvalue weighted by Crippen LogP contribution is -2.05. The molecular weight excluding hydrogens is 409 g/mol. The number of cyclic esters (lactones) is 1. The van der Waals surface area contributed by atoms with Crippen LogP contribution in [-0.2, 0) is 16.1 Å². The summed E-state index contributed by atoms with van der Waals surface area (Å²) in [5.74, 6) is 0.217. The van der Waals surface area contributed by atoms with Gasteiger partial charge in [0.05, 0.1) is 6.61 Å². The first kappa shape index (κ1) is 21.3. The number of ether oxygens (including phenoxy) is 3. The molecule has 0 bridgehead atoms. The summed E-state index contributed by atoms with van der Waals surface area (Å²) in [4.78, 5) is 16.5. The van der Waals surface area contributed by atoms with Crippen LogP contribution in [0.25, 0.3) is 6.08 Å². The minimum atomic E-state index is -0.595. The van der Waals surface area contributed by atoms with Gasteiger partial charge in [-0.15, -0.1) is 0 Å². The largest absolute Gasteiger partial charge is 0.490 e. The van der Waals surface area contributed by atoms with Gasteiger partial charge in [-0.05, 0) is 61.4 Å². The monoisotopic (exact) mass is 431 g/mol. The normalized spacial score (nSPS) is 14.3. The molecule has 4 rings (SSSR count). The van der Waals surface area contributed by atoms with Crippen LogP contribution >= 0.6 is 0 Å². The number of hydrogen-bond acceptors (Lipinski definition) is 5. The average Bonchev–Trinajstić information content (AvgIpc) is 3.15. The third kappa shape index (κ3) is 5.03. The maximum Gasteiger partial charge on any atom is 0.363 e. The Hall–Kier alpha value is -3.93. The SMILES string of the molecule is CCOc1cc(/C=C2/N=C(c3cccc(F)c3)OC2=O)ccc1OCc1ccc(C)cc1. The Morgan fingerprint density at radius 2 is 1.81 bits per heavy atom. The van der Waals surface area contributed by atoms with Crippen LogP contribution in [0.15, 0.2) is 77.4 Å². The molecule has 32 heavy (non-hydrogen) atoms. The van der Waals surface area contributed by atoms with Gasteiger partial charge < -0.3 is 14.2 Å². The van der Waals surface area contributed by atoms with Crippen LogP contribution < -0.4 is 9.47 Å². The van der Waals surface area contributed by atoms with Crippen LogP contribution in [0.3, 0.4) is 0 Å². The van der Waals surface area contributed by atoms with Crippen molar-refractivity contribution in [2.75, 3.05) is 6.61 Å². The fourth-order valence-corrected chi connectivity index (χ4v) is 3.16. The fourth-order valence-electron chi connectivity index (χ4n) is 3.16. The molecule has 0 unspecified atom stereocenters. The molecule has 6 heteroatoms. The summed E-state index contributed by atoms with van der Waals surface area (Å²) >= 11 is 0. The molecule has 0 aliphatic carbocycles. The highest BCUT2D eigenvalue weighted by molar-refractivity contribution is 6.12. The lowest BCUT2D eigenvalue weighted by molar-refractivity contribution is -0.129. The lowest BCUT2D eigenvalue weighted by Gasteiger charge is -2.13. The number of rotatable bonds is 7. The second-order valence-corrected chi connectivity index (χ2v) is 7.26. The van der Waals surface area contributed by atoms with E-state index in [0.717, 1.165) is 5.56 Å². The predicted octanol–water partition coefficient (Wildman–Crippen LogP) is 5.46. The molecule has 0 fully saturated rings. The topological polar surface area (TPSA) is 57.1 Å². The second kappa shape index (κ2) is 9.47.